The number of nitrogens with one attached hydrogen (secondary N) is 1. The van der Waals surface area contributed by atoms with Crippen molar-refractivity contribution in [1.82, 2.24) is 0 Å². The molecule has 1 aromatic rings. The Labute approximate surface area is 89.9 Å². The van der Waals surface area contributed by atoms with Crippen LogP contribution in [-0.2, 0) is 0 Å². The van der Waals surface area contributed by atoms with Crippen molar-refractivity contribution in [3.8, 4) is 0 Å². The van der Waals surface area contributed by atoms with E-state index < -0.39 is 24.1 Å². The third-order valence-electron chi connectivity index (χ3n) is 2.21. The number of anilines is 1. The highest BCUT2D eigenvalue weighted by molar-refractivity contribution is 5.45. The van der Waals surface area contributed by atoms with E-state index in [1.54, 1.807) is 0 Å². The molecule has 0 radical (unpaired) electrons. The van der Waals surface area contributed by atoms with Gasteiger partial charge in [-0.05, 0) is 31.2 Å². The fourth-order valence-corrected chi connectivity index (χ4v) is 1.05. The van der Waals surface area contributed by atoms with Crippen LogP contribution in [-0.4, -0.2) is 23.4 Å². The number of aliphatic hydroxyl groups excluding tert-OH is 1. The molecular formula is C10H11F4NO. The van der Waals surface area contributed by atoms with Crippen LogP contribution in [0.2, 0.25) is 0 Å². The highest BCUT2D eigenvalue weighted by Gasteiger charge is 2.50. The lowest BCUT2D eigenvalue weighted by Gasteiger charge is -2.32. The van der Waals surface area contributed by atoms with Crippen molar-refractivity contribution in [3.05, 3.63) is 30.1 Å². The van der Waals surface area contributed by atoms with Gasteiger partial charge in [-0.25, -0.2) is 4.39 Å². The highest BCUT2D eigenvalue weighted by Crippen LogP contribution is 2.32. The van der Waals surface area contributed by atoms with Crippen LogP contribution in [0, 0.1) is 5.82 Å². The number of rotatable bonds is 3. The molecule has 0 aliphatic heterocycles. The molecule has 0 amide bonds. The van der Waals surface area contributed by atoms with E-state index in [1.807, 2.05) is 0 Å². The first kappa shape index (κ1) is 12.8. The zero-order valence-electron chi connectivity index (χ0n) is 8.48. The summed E-state index contributed by atoms with van der Waals surface area (Å²) in [6.07, 6.45) is -4.60. The van der Waals surface area contributed by atoms with Gasteiger partial charge in [-0.1, -0.05) is 0 Å². The van der Waals surface area contributed by atoms with Gasteiger partial charge in [0.15, 0.2) is 5.54 Å². The molecule has 16 heavy (non-hydrogen) atoms. The van der Waals surface area contributed by atoms with Gasteiger partial charge in [-0.2, -0.15) is 13.2 Å². The van der Waals surface area contributed by atoms with Crippen molar-refractivity contribution in [2.75, 3.05) is 11.9 Å². The molecule has 90 valence electrons. The molecule has 1 unspecified atom stereocenters. The molecule has 0 aromatic heterocycles. The predicted molar refractivity (Wildman–Crippen MR) is 51.6 cm³/mol. The van der Waals surface area contributed by atoms with Crippen LogP contribution in [0.5, 0.6) is 0 Å². The molecule has 0 spiro atoms. The summed E-state index contributed by atoms with van der Waals surface area (Å²) < 4.78 is 50.3. The summed E-state index contributed by atoms with van der Waals surface area (Å²) in [6.45, 7) is -0.274. The van der Waals surface area contributed by atoms with Gasteiger partial charge in [0.05, 0.1) is 6.61 Å². The Morgan fingerprint density at radius 1 is 1.19 bits per heavy atom. The first-order valence-corrected chi connectivity index (χ1v) is 4.50. The molecular weight excluding hydrogens is 226 g/mol. The SMILES string of the molecule is CC(CO)(Nc1ccc(F)cc1)C(F)(F)F. The van der Waals surface area contributed by atoms with E-state index >= 15 is 0 Å². The number of hydrogen-bond acceptors (Lipinski definition) is 2. The minimum atomic E-state index is -4.60. The molecule has 0 saturated heterocycles. The van der Waals surface area contributed by atoms with E-state index in [1.165, 1.54) is 12.1 Å². The maximum atomic E-state index is 12.6. The lowest BCUT2D eigenvalue weighted by atomic mass is 10.0. The summed E-state index contributed by atoms with van der Waals surface area (Å²) in [4.78, 5) is 0. The second-order valence-electron chi connectivity index (χ2n) is 3.62. The second-order valence-corrected chi connectivity index (χ2v) is 3.62. The maximum absolute atomic E-state index is 12.6. The van der Waals surface area contributed by atoms with Crippen LogP contribution >= 0.6 is 0 Å². The van der Waals surface area contributed by atoms with Crippen LogP contribution in [0.25, 0.3) is 0 Å². The van der Waals surface area contributed by atoms with Gasteiger partial charge in [-0.15, -0.1) is 0 Å². The summed E-state index contributed by atoms with van der Waals surface area (Å²) >= 11 is 0. The lowest BCUT2D eigenvalue weighted by molar-refractivity contribution is -0.182. The number of halogens is 4. The third kappa shape index (κ3) is 2.63. The molecule has 0 bridgehead atoms. The van der Waals surface area contributed by atoms with Crippen LogP contribution in [0.1, 0.15) is 6.92 Å². The van der Waals surface area contributed by atoms with Crippen molar-refractivity contribution >= 4 is 5.69 Å². The molecule has 1 rings (SSSR count). The smallest absolute Gasteiger partial charge is 0.394 e. The third-order valence-corrected chi connectivity index (χ3v) is 2.21. The molecule has 0 saturated carbocycles. The molecule has 2 nitrogen and oxygen atoms in total. The minimum absolute atomic E-state index is 0.0928. The van der Waals surface area contributed by atoms with E-state index in [0.717, 1.165) is 19.1 Å². The number of benzene rings is 1. The van der Waals surface area contributed by atoms with E-state index in [0.29, 0.717) is 0 Å². The standard InChI is InChI=1S/C10H11F4NO/c1-9(6-16,10(12,13)14)15-8-4-2-7(11)3-5-8/h2-5,15-16H,6H2,1H3. The van der Waals surface area contributed by atoms with Gasteiger partial charge in [0, 0.05) is 5.69 Å². The summed E-state index contributed by atoms with van der Waals surface area (Å²) in [5, 5.41) is 10.9. The second kappa shape index (κ2) is 4.29. The largest absolute Gasteiger partial charge is 0.413 e. The Morgan fingerprint density at radius 3 is 2.06 bits per heavy atom. The van der Waals surface area contributed by atoms with Crippen molar-refractivity contribution in [2.45, 2.75) is 18.6 Å². The Hall–Kier alpha value is -1.30. The van der Waals surface area contributed by atoms with E-state index in [9.17, 15) is 17.6 Å². The van der Waals surface area contributed by atoms with Crippen molar-refractivity contribution in [3.63, 3.8) is 0 Å². The summed E-state index contributed by atoms with van der Waals surface area (Å²) in [6, 6.07) is 4.43. The molecule has 6 heteroatoms. The average Bonchev–Trinajstić information content (AvgIpc) is 2.19. The highest BCUT2D eigenvalue weighted by atomic mass is 19.4. The quantitative estimate of drug-likeness (QED) is 0.792. The topological polar surface area (TPSA) is 32.3 Å². The van der Waals surface area contributed by atoms with Crippen molar-refractivity contribution < 1.29 is 22.7 Å². The average molecular weight is 237 g/mol. The fourth-order valence-electron chi connectivity index (χ4n) is 1.05. The summed E-state index contributed by atoms with van der Waals surface area (Å²) in [5.41, 5.74) is -2.35. The van der Waals surface area contributed by atoms with Crippen LogP contribution in [0.15, 0.2) is 24.3 Å². The van der Waals surface area contributed by atoms with Gasteiger partial charge in [-0.3, -0.25) is 0 Å². The van der Waals surface area contributed by atoms with E-state index in [-0.39, 0.29) is 5.69 Å². The molecule has 0 aliphatic rings. The molecule has 0 aliphatic carbocycles. The zero-order valence-corrected chi connectivity index (χ0v) is 8.48. The zero-order chi connectivity index (χ0) is 12.4. The molecule has 1 aromatic carbocycles. The molecule has 1 atom stereocenters. The normalized spacial score (nSPS) is 15.6. The number of aliphatic hydroxyl groups is 1. The number of hydrogen-bond donors (Lipinski definition) is 2. The maximum Gasteiger partial charge on any atom is 0.413 e. The number of alkyl halides is 3. The van der Waals surface area contributed by atoms with Gasteiger partial charge in [0.25, 0.3) is 0 Å². The predicted octanol–water partition coefficient (Wildman–Crippen LogP) is 2.55. The summed E-state index contributed by atoms with van der Waals surface area (Å²) in [5.74, 6) is -0.539. The van der Waals surface area contributed by atoms with Crippen molar-refractivity contribution in [2.24, 2.45) is 0 Å². The van der Waals surface area contributed by atoms with Gasteiger partial charge < -0.3 is 10.4 Å². The Balaban J connectivity index is 2.89. The minimum Gasteiger partial charge on any atom is -0.394 e. The molecule has 2 N–H and O–H groups in total. The van der Waals surface area contributed by atoms with Crippen LogP contribution in [0.4, 0.5) is 23.2 Å². The van der Waals surface area contributed by atoms with Gasteiger partial charge >= 0.3 is 6.18 Å². The Kier molecular flexibility index (Phi) is 3.42. The van der Waals surface area contributed by atoms with Crippen LogP contribution in [0.3, 0.4) is 0 Å². The van der Waals surface area contributed by atoms with E-state index in [4.69, 9.17) is 5.11 Å². The first-order chi connectivity index (χ1) is 7.28. The summed E-state index contributed by atoms with van der Waals surface area (Å²) in [7, 11) is 0. The Bertz CT molecular complexity index is 349. The van der Waals surface area contributed by atoms with Gasteiger partial charge in [0.1, 0.15) is 5.82 Å². The van der Waals surface area contributed by atoms with Crippen molar-refractivity contribution in [1.29, 1.82) is 0 Å². The lowest BCUT2D eigenvalue weighted by Crippen LogP contribution is -2.52. The monoisotopic (exact) mass is 237 g/mol. The van der Waals surface area contributed by atoms with Crippen LogP contribution < -0.4 is 5.32 Å². The Morgan fingerprint density at radius 2 is 1.69 bits per heavy atom. The molecule has 0 fully saturated rings. The van der Waals surface area contributed by atoms with Gasteiger partial charge in [0.2, 0.25) is 0 Å². The first-order valence-electron chi connectivity index (χ1n) is 4.50. The molecule has 0 heterocycles. The fraction of sp³-hybridized carbons (Fsp3) is 0.400. The van der Waals surface area contributed by atoms with E-state index in [2.05, 4.69) is 5.32 Å².